The molecule has 162 valence electrons. The Morgan fingerprint density at radius 2 is 1.41 bits per heavy atom. The molecule has 1 aromatic rings. The van der Waals surface area contributed by atoms with Crippen LogP contribution in [-0.4, -0.2) is 63.8 Å². The first-order valence-electron chi connectivity index (χ1n) is 10.0. The third kappa shape index (κ3) is 5.56. The van der Waals surface area contributed by atoms with Gasteiger partial charge in [-0.25, -0.2) is 21.1 Å². The lowest BCUT2D eigenvalue weighted by atomic mass is 9.97. The quantitative estimate of drug-likeness (QED) is 0.748. The first-order chi connectivity index (χ1) is 13.7. The van der Waals surface area contributed by atoms with Gasteiger partial charge >= 0.3 is 0 Å². The van der Waals surface area contributed by atoms with E-state index < -0.39 is 20.0 Å². The summed E-state index contributed by atoms with van der Waals surface area (Å²) in [6.45, 7) is 1.77. The van der Waals surface area contributed by atoms with Crippen LogP contribution < -0.4 is 5.32 Å². The molecule has 3 rings (SSSR count). The van der Waals surface area contributed by atoms with Crippen LogP contribution in [0.2, 0.25) is 0 Å². The highest BCUT2D eigenvalue weighted by Gasteiger charge is 2.29. The molecule has 0 unspecified atom stereocenters. The Hall–Kier alpha value is -1.49. The number of benzene rings is 1. The number of carbonyl (C=O) groups is 1. The summed E-state index contributed by atoms with van der Waals surface area (Å²) in [5.74, 6) is -0.421. The lowest BCUT2D eigenvalue weighted by Gasteiger charge is -2.29. The van der Waals surface area contributed by atoms with Crippen molar-refractivity contribution in [3.05, 3.63) is 24.3 Å². The summed E-state index contributed by atoms with van der Waals surface area (Å²) in [5.41, 5.74) is 0.537. The van der Waals surface area contributed by atoms with Crippen molar-refractivity contribution in [2.75, 3.05) is 37.8 Å². The van der Waals surface area contributed by atoms with E-state index in [2.05, 4.69) is 5.32 Å². The second-order valence-corrected chi connectivity index (χ2v) is 11.7. The van der Waals surface area contributed by atoms with Gasteiger partial charge in [0.05, 0.1) is 11.2 Å². The van der Waals surface area contributed by atoms with Crippen molar-refractivity contribution < 1.29 is 21.6 Å². The van der Waals surface area contributed by atoms with Gasteiger partial charge in [0.15, 0.2) is 0 Å². The van der Waals surface area contributed by atoms with E-state index in [0.717, 1.165) is 25.7 Å². The van der Waals surface area contributed by atoms with E-state index >= 15 is 0 Å². The highest BCUT2D eigenvalue weighted by Crippen LogP contribution is 2.24. The Labute approximate surface area is 173 Å². The summed E-state index contributed by atoms with van der Waals surface area (Å²) >= 11 is 0. The average molecular weight is 444 g/mol. The SMILES string of the molecule is CS(=O)(=O)N1CCC(C(=O)Nc2ccc(S(=O)(=O)N3CCCCCC3)cc2)CC1. The summed E-state index contributed by atoms with van der Waals surface area (Å²) in [6.07, 6.45) is 5.99. The largest absolute Gasteiger partial charge is 0.326 e. The zero-order valence-electron chi connectivity index (χ0n) is 16.7. The fourth-order valence-electron chi connectivity index (χ4n) is 3.84. The smallest absolute Gasteiger partial charge is 0.243 e. The molecule has 1 amide bonds. The molecule has 0 bridgehead atoms. The van der Waals surface area contributed by atoms with Crippen LogP contribution in [-0.2, 0) is 24.8 Å². The molecular weight excluding hydrogens is 414 g/mol. The number of carbonyl (C=O) groups excluding carboxylic acids is 1. The van der Waals surface area contributed by atoms with E-state index in [0.29, 0.717) is 44.7 Å². The third-order valence-electron chi connectivity index (χ3n) is 5.62. The summed E-state index contributed by atoms with van der Waals surface area (Å²) in [6, 6.07) is 6.27. The second kappa shape index (κ2) is 9.11. The molecule has 0 aromatic heterocycles. The van der Waals surface area contributed by atoms with Gasteiger partial charge in [-0.05, 0) is 49.9 Å². The maximum Gasteiger partial charge on any atom is 0.243 e. The van der Waals surface area contributed by atoms with Crippen molar-refractivity contribution in [3.63, 3.8) is 0 Å². The standard InChI is InChI=1S/C19H29N3O5S2/c1-28(24,25)21-14-10-16(11-15-21)19(23)20-17-6-8-18(9-7-17)29(26,27)22-12-4-2-3-5-13-22/h6-9,16H,2-5,10-15H2,1H3,(H,20,23). The van der Waals surface area contributed by atoms with Crippen molar-refractivity contribution in [3.8, 4) is 0 Å². The predicted octanol–water partition coefficient (Wildman–Crippen LogP) is 1.86. The maximum absolute atomic E-state index is 12.8. The number of amides is 1. The van der Waals surface area contributed by atoms with Gasteiger partial charge in [0.2, 0.25) is 26.0 Å². The van der Waals surface area contributed by atoms with Crippen molar-refractivity contribution in [1.82, 2.24) is 8.61 Å². The van der Waals surface area contributed by atoms with E-state index in [1.165, 1.54) is 22.7 Å². The van der Waals surface area contributed by atoms with Gasteiger partial charge in [-0.2, -0.15) is 4.31 Å². The van der Waals surface area contributed by atoms with Gasteiger partial charge in [-0.15, -0.1) is 0 Å². The lowest BCUT2D eigenvalue weighted by Crippen LogP contribution is -2.40. The molecule has 2 fully saturated rings. The minimum atomic E-state index is -3.51. The van der Waals surface area contributed by atoms with Gasteiger partial charge in [-0.3, -0.25) is 4.79 Å². The Balaban J connectivity index is 1.60. The molecule has 0 aliphatic carbocycles. The maximum atomic E-state index is 12.8. The van der Waals surface area contributed by atoms with Crippen LogP contribution in [0.3, 0.4) is 0 Å². The topological polar surface area (TPSA) is 104 Å². The number of nitrogens with one attached hydrogen (secondary N) is 1. The molecule has 0 spiro atoms. The van der Waals surface area contributed by atoms with Gasteiger partial charge in [0.25, 0.3) is 0 Å². The average Bonchev–Trinajstić information content (AvgIpc) is 2.98. The Bertz CT molecular complexity index is 913. The third-order valence-corrected chi connectivity index (χ3v) is 8.83. The molecule has 0 saturated carbocycles. The molecule has 0 radical (unpaired) electrons. The monoisotopic (exact) mass is 443 g/mol. The van der Waals surface area contributed by atoms with Crippen LogP contribution in [0.5, 0.6) is 0 Å². The normalized spacial score (nSPS) is 20.9. The van der Waals surface area contributed by atoms with E-state index in [4.69, 9.17) is 0 Å². The molecule has 1 aromatic carbocycles. The predicted molar refractivity (Wildman–Crippen MR) is 111 cm³/mol. The first kappa shape index (κ1) is 22.2. The Kier molecular flexibility index (Phi) is 6.98. The van der Waals surface area contributed by atoms with Gasteiger partial charge in [0.1, 0.15) is 0 Å². The molecule has 2 heterocycles. The number of anilines is 1. The van der Waals surface area contributed by atoms with Crippen LogP contribution in [0.1, 0.15) is 38.5 Å². The summed E-state index contributed by atoms with van der Waals surface area (Å²) in [4.78, 5) is 12.7. The fraction of sp³-hybridized carbons (Fsp3) is 0.632. The summed E-state index contributed by atoms with van der Waals surface area (Å²) < 4.78 is 51.7. The molecule has 0 atom stereocenters. The van der Waals surface area contributed by atoms with Gasteiger partial charge < -0.3 is 5.32 Å². The van der Waals surface area contributed by atoms with Crippen LogP contribution in [0, 0.1) is 5.92 Å². The van der Waals surface area contributed by atoms with E-state index in [1.54, 1.807) is 16.4 Å². The zero-order valence-corrected chi connectivity index (χ0v) is 18.3. The number of rotatable bonds is 5. The van der Waals surface area contributed by atoms with Crippen LogP contribution in [0.15, 0.2) is 29.2 Å². The van der Waals surface area contributed by atoms with E-state index in [9.17, 15) is 21.6 Å². The minimum absolute atomic E-state index is 0.165. The molecule has 1 N–H and O–H groups in total. The fourth-order valence-corrected chi connectivity index (χ4v) is 6.23. The highest BCUT2D eigenvalue weighted by molar-refractivity contribution is 7.89. The number of hydrogen-bond acceptors (Lipinski definition) is 5. The first-order valence-corrected chi connectivity index (χ1v) is 13.3. The van der Waals surface area contributed by atoms with Crippen molar-refractivity contribution >= 4 is 31.6 Å². The summed E-state index contributed by atoms with van der Waals surface area (Å²) in [5, 5.41) is 2.82. The van der Waals surface area contributed by atoms with Crippen molar-refractivity contribution in [2.45, 2.75) is 43.4 Å². The molecule has 8 nitrogen and oxygen atoms in total. The van der Waals surface area contributed by atoms with E-state index in [-0.39, 0.29) is 16.7 Å². The van der Waals surface area contributed by atoms with Gasteiger partial charge in [0, 0.05) is 37.8 Å². The number of nitrogens with zero attached hydrogens (tertiary/aromatic N) is 2. The molecule has 2 aliphatic heterocycles. The molecule has 2 saturated heterocycles. The molecule has 29 heavy (non-hydrogen) atoms. The zero-order chi connectivity index (χ0) is 21.1. The second-order valence-electron chi connectivity index (χ2n) is 7.77. The minimum Gasteiger partial charge on any atom is -0.326 e. The molecular formula is C19H29N3O5S2. The van der Waals surface area contributed by atoms with Crippen molar-refractivity contribution in [1.29, 1.82) is 0 Å². The van der Waals surface area contributed by atoms with Crippen LogP contribution in [0.4, 0.5) is 5.69 Å². The number of sulfonamides is 2. The Morgan fingerprint density at radius 3 is 1.93 bits per heavy atom. The Morgan fingerprint density at radius 1 is 0.862 bits per heavy atom. The number of piperidine rings is 1. The molecule has 2 aliphatic rings. The van der Waals surface area contributed by atoms with Crippen LogP contribution >= 0.6 is 0 Å². The lowest BCUT2D eigenvalue weighted by molar-refractivity contribution is -0.120. The van der Waals surface area contributed by atoms with Crippen LogP contribution in [0.25, 0.3) is 0 Å². The molecule has 10 heteroatoms. The van der Waals surface area contributed by atoms with Gasteiger partial charge in [-0.1, -0.05) is 12.8 Å². The van der Waals surface area contributed by atoms with E-state index in [1.807, 2.05) is 0 Å². The highest BCUT2D eigenvalue weighted by atomic mass is 32.2. The van der Waals surface area contributed by atoms with Crippen molar-refractivity contribution in [2.24, 2.45) is 5.92 Å². The number of hydrogen-bond donors (Lipinski definition) is 1. The summed E-state index contributed by atoms with van der Waals surface area (Å²) in [7, 11) is -6.74.